The van der Waals surface area contributed by atoms with E-state index in [2.05, 4.69) is 16.0 Å². The molecule has 0 saturated carbocycles. The number of pyridine rings is 1. The molecular formula is C21H25N3O4. The summed E-state index contributed by atoms with van der Waals surface area (Å²) < 4.78 is 16.1. The number of nitrogens with zero attached hydrogens (tertiary/aromatic N) is 3. The maximum Gasteiger partial charge on any atom is 0.272 e. The third-order valence-electron chi connectivity index (χ3n) is 5.35. The van der Waals surface area contributed by atoms with Crippen LogP contribution in [0.2, 0.25) is 0 Å². The van der Waals surface area contributed by atoms with Crippen LogP contribution in [0.15, 0.2) is 30.5 Å². The summed E-state index contributed by atoms with van der Waals surface area (Å²) in [4.78, 5) is 21.0. The van der Waals surface area contributed by atoms with Crippen LogP contribution in [-0.4, -0.2) is 62.9 Å². The third-order valence-corrected chi connectivity index (χ3v) is 5.35. The van der Waals surface area contributed by atoms with Gasteiger partial charge in [-0.2, -0.15) is 0 Å². The van der Waals surface area contributed by atoms with Crippen molar-refractivity contribution in [1.82, 2.24) is 9.88 Å². The average molecular weight is 383 g/mol. The van der Waals surface area contributed by atoms with Gasteiger partial charge in [-0.05, 0) is 41.8 Å². The highest BCUT2D eigenvalue weighted by atomic mass is 16.5. The zero-order valence-corrected chi connectivity index (χ0v) is 16.3. The molecule has 28 heavy (non-hydrogen) atoms. The molecule has 2 aromatic rings. The number of ether oxygens (including phenoxy) is 3. The number of morpholine rings is 1. The first-order valence-electron chi connectivity index (χ1n) is 9.51. The Kier molecular flexibility index (Phi) is 5.34. The fourth-order valence-corrected chi connectivity index (χ4v) is 3.73. The largest absolute Gasteiger partial charge is 0.493 e. The molecule has 0 radical (unpaired) electrons. The second-order valence-corrected chi connectivity index (χ2v) is 6.95. The van der Waals surface area contributed by atoms with Crippen molar-refractivity contribution in [2.75, 3.05) is 52.0 Å². The Morgan fingerprint density at radius 2 is 1.75 bits per heavy atom. The van der Waals surface area contributed by atoms with Gasteiger partial charge < -0.3 is 24.0 Å². The van der Waals surface area contributed by atoms with Crippen molar-refractivity contribution in [3.63, 3.8) is 0 Å². The van der Waals surface area contributed by atoms with Crippen molar-refractivity contribution in [2.24, 2.45) is 0 Å². The fourth-order valence-electron chi connectivity index (χ4n) is 3.73. The number of benzene rings is 1. The number of carbonyl (C=O) groups excluding carboxylic acids is 1. The molecule has 7 nitrogen and oxygen atoms in total. The van der Waals surface area contributed by atoms with Crippen LogP contribution in [0.4, 0.5) is 5.69 Å². The van der Waals surface area contributed by atoms with E-state index in [0.29, 0.717) is 32.0 Å². The summed E-state index contributed by atoms with van der Waals surface area (Å²) >= 11 is 0. The van der Waals surface area contributed by atoms with E-state index >= 15 is 0 Å². The average Bonchev–Trinajstić information content (AvgIpc) is 2.78. The Bertz CT molecular complexity index is 847. The standard InChI is InChI=1S/C21H25N3O4/c1-26-19-11-15-5-6-24(14-16(15)12-20(19)27-2)17-3-4-18(22-13-17)21(25)23-7-9-28-10-8-23/h3-4,11-13H,5-10,14H2,1-2H3. The Balaban J connectivity index is 1.49. The van der Waals surface area contributed by atoms with Gasteiger partial charge in [0.25, 0.3) is 5.91 Å². The normalized spacial score (nSPS) is 16.5. The molecule has 1 aromatic heterocycles. The molecule has 1 fully saturated rings. The number of aromatic nitrogens is 1. The van der Waals surface area contributed by atoms with E-state index in [1.165, 1.54) is 11.1 Å². The monoisotopic (exact) mass is 383 g/mol. The molecule has 0 unspecified atom stereocenters. The molecule has 148 valence electrons. The van der Waals surface area contributed by atoms with Crippen LogP contribution in [-0.2, 0) is 17.7 Å². The maximum atomic E-state index is 12.6. The number of hydrogen-bond acceptors (Lipinski definition) is 6. The predicted molar refractivity (Wildman–Crippen MR) is 105 cm³/mol. The summed E-state index contributed by atoms with van der Waals surface area (Å²) in [5.74, 6) is 1.48. The molecule has 0 bridgehead atoms. The number of fused-ring (bicyclic) bond motifs is 1. The van der Waals surface area contributed by atoms with Gasteiger partial charge in [0, 0.05) is 26.2 Å². The smallest absolute Gasteiger partial charge is 0.272 e. The highest BCUT2D eigenvalue weighted by molar-refractivity contribution is 5.92. The van der Waals surface area contributed by atoms with Crippen LogP contribution in [0, 0.1) is 0 Å². The number of carbonyl (C=O) groups is 1. The predicted octanol–water partition coefficient (Wildman–Crippen LogP) is 2.13. The summed E-state index contributed by atoms with van der Waals surface area (Å²) in [5.41, 5.74) is 3.99. The van der Waals surface area contributed by atoms with Crippen molar-refractivity contribution >= 4 is 11.6 Å². The van der Waals surface area contributed by atoms with E-state index in [4.69, 9.17) is 14.2 Å². The van der Waals surface area contributed by atoms with E-state index in [9.17, 15) is 4.79 Å². The van der Waals surface area contributed by atoms with Gasteiger partial charge in [0.15, 0.2) is 11.5 Å². The molecule has 0 spiro atoms. The van der Waals surface area contributed by atoms with Crippen molar-refractivity contribution in [3.8, 4) is 11.5 Å². The van der Waals surface area contributed by atoms with Crippen LogP contribution in [0.1, 0.15) is 21.6 Å². The van der Waals surface area contributed by atoms with Gasteiger partial charge in [-0.1, -0.05) is 0 Å². The minimum absolute atomic E-state index is 0.0318. The van der Waals surface area contributed by atoms with Gasteiger partial charge in [0.05, 0.1) is 39.3 Å². The Labute approximate surface area is 164 Å². The molecular weight excluding hydrogens is 358 g/mol. The van der Waals surface area contributed by atoms with Gasteiger partial charge in [-0.15, -0.1) is 0 Å². The highest BCUT2D eigenvalue weighted by Gasteiger charge is 2.22. The lowest BCUT2D eigenvalue weighted by molar-refractivity contribution is 0.0299. The molecule has 2 aliphatic rings. The van der Waals surface area contributed by atoms with Gasteiger partial charge in [0.1, 0.15) is 5.69 Å². The maximum absolute atomic E-state index is 12.6. The molecule has 1 amide bonds. The van der Waals surface area contributed by atoms with Crippen molar-refractivity contribution in [3.05, 3.63) is 47.3 Å². The molecule has 1 aromatic carbocycles. The van der Waals surface area contributed by atoms with Crippen LogP contribution < -0.4 is 14.4 Å². The molecule has 3 heterocycles. The molecule has 0 aliphatic carbocycles. The highest BCUT2D eigenvalue weighted by Crippen LogP contribution is 2.34. The summed E-state index contributed by atoms with van der Waals surface area (Å²) in [6.07, 6.45) is 2.71. The van der Waals surface area contributed by atoms with Gasteiger partial charge in [0.2, 0.25) is 0 Å². The summed E-state index contributed by atoms with van der Waals surface area (Å²) in [6.45, 7) is 4.08. The Morgan fingerprint density at radius 3 is 2.39 bits per heavy atom. The first-order valence-corrected chi connectivity index (χ1v) is 9.51. The van der Waals surface area contributed by atoms with E-state index < -0.39 is 0 Å². The SMILES string of the molecule is COc1cc2c(cc1OC)CN(c1ccc(C(=O)N3CCOCC3)nc1)CC2. The lowest BCUT2D eigenvalue weighted by Crippen LogP contribution is -2.41. The summed E-state index contributed by atoms with van der Waals surface area (Å²) in [6, 6.07) is 7.90. The quantitative estimate of drug-likeness (QED) is 0.806. The minimum atomic E-state index is -0.0318. The molecule has 7 heteroatoms. The Hall–Kier alpha value is -2.80. The summed E-state index contributed by atoms with van der Waals surface area (Å²) in [5, 5.41) is 0. The van der Waals surface area contributed by atoms with E-state index in [1.807, 2.05) is 18.2 Å². The zero-order chi connectivity index (χ0) is 19.5. The van der Waals surface area contributed by atoms with Gasteiger partial charge in [-0.25, -0.2) is 4.98 Å². The first kappa shape index (κ1) is 18.6. The second-order valence-electron chi connectivity index (χ2n) is 6.95. The van der Waals surface area contributed by atoms with Crippen LogP contribution in [0.25, 0.3) is 0 Å². The fraction of sp³-hybridized carbons (Fsp3) is 0.429. The van der Waals surface area contributed by atoms with Crippen LogP contribution >= 0.6 is 0 Å². The second kappa shape index (κ2) is 8.06. The number of methoxy groups -OCH3 is 2. The van der Waals surface area contributed by atoms with Crippen LogP contribution in [0.3, 0.4) is 0 Å². The lowest BCUT2D eigenvalue weighted by atomic mass is 9.98. The number of rotatable bonds is 4. The number of hydrogen-bond donors (Lipinski definition) is 0. The minimum Gasteiger partial charge on any atom is -0.493 e. The number of amides is 1. The topological polar surface area (TPSA) is 64.1 Å². The molecule has 1 saturated heterocycles. The van der Waals surface area contributed by atoms with Gasteiger partial charge >= 0.3 is 0 Å². The van der Waals surface area contributed by atoms with Gasteiger partial charge in [-0.3, -0.25) is 4.79 Å². The molecule has 0 atom stereocenters. The molecule has 0 N–H and O–H groups in total. The summed E-state index contributed by atoms with van der Waals surface area (Å²) in [7, 11) is 3.31. The molecule has 4 rings (SSSR count). The van der Waals surface area contributed by atoms with E-state index in [-0.39, 0.29) is 5.91 Å². The lowest BCUT2D eigenvalue weighted by Gasteiger charge is -2.31. The van der Waals surface area contributed by atoms with Crippen molar-refractivity contribution in [1.29, 1.82) is 0 Å². The first-order chi connectivity index (χ1) is 13.7. The van der Waals surface area contributed by atoms with Crippen LogP contribution in [0.5, 0.6) is 11.5 Å². The molecule has 2 aliphatic heterocycles. The Morgan fingerprint density at radius 1 is 1.04 bits per heavy atom. The van der Waals surface area contributed by atoms with E-state index in [0.717, 1.165) is 36.7 Å². The zero-order valence-electron chi connectivity index (χ0n) is 16.3. The number of anilines is 1. The van der Waals surface area contributed by atoms with Crippen molar-refractivity contribution in [2.45, 2.75) is 13.0 Å². The van der Waals surface area contributed by atoms with E-state index in [1.54, 1.807) is 25.3 Å². The third kappa shape index (κ3) is 3.62. The van der Waals surface area contributed by atoms with Crippen molar-refractivity contribution < 1.29 is 19.0 Å².